The van der Waals surface area contributed by atoms with Crippen molar-refractivity contribution in [3.05, 3.63) is 45.4 Å². The molecule has 0 aliphatic carbocycles. The van der Waals surface area contributed by atoms with Crippen molar-refractivity contribution in [3.63, 3.8) is 0 Å². The van der Waals surface area contributed by atoms with Crippen LogP contribution in [-0.4, -0.2) is 28.5 Å². The van der Waals surface area contributed by atoms with E-state index in [1.165, 1.54) is 17.4 Å². The molecule has 0 unspecified atom stereocenters. The minimum Gasteiger partial charge on any atom is -0.478 e. The molecule has 1 aromatic carbocycles. The van der Waals surface area contributed by atoms with Crippen molar-refractivity contribution < 1.29 is 14.7 Å². The van der Waals surface area contributed by atoms with Crippen LogP contribution in [0.5, 0.6) is 0 Å². The number of carbonyl (C=O) groups is 2. The number of thiazole rings is 1. The first-order chi connectivity index (χ1) is 10.0. The van der Waals surface area contributed by atoms with Gasteiger partial charge in [0.15, 0.2) is 0 Å². The van der Waals surface area contributed by atoms with Crippen molar-refractivity contribution in [1.82, 2.24) is 4.98 Å². The zero-order valence-corrected chi connectivity index (χ0v) is 12.2. The standard InChI is InChI=1S/C14H15N3O3S/c1-8-6-9(2-3-10(8)14(19)20)16-13(18)11-7-21-12(17-11)4-5-15/h2-3,6-7H,4-5,15H2,1H3,(H,16,18)(H,19,20). The fourth-order valence-electron chi connectivity index (χ4n) is 1.83. The lowest BCUT2D eigenvalue weighted by molar-refractivity contribution is 0.0696. The Kier molecular flexibility index (Phi) is 4.66. The van der Waals surface area contributed by atoms with Crippen LogP contribution in [0.2, 0.25) is 0 Å². The number of rotatable bonds is 5. The molecule has 0 radical (unpaired) electrons. The van der Waals surface area contributed by atoms with Crippen LogP contribution in [0.4, 0.5) is 5.69 Å². The Hall–Kier alpha value is -2.25. The first kappa shape index (κ1) is 15.1. The number of nitrogens with zero attached hydrogens (tertiary/aromatic N) is 1. The largest absolute Gasteiger partial charge is 0.478 e. The van der Waals surface area contributed by atoms with Crippen molar-refractivity contribution in [1.29, 1.82) is 0 Å². The third kappa shape index (κ3) is 3.65. The maximum absolute atomic E-state index is 12.0. The van der Waals surface area contributed by atoms with E-state index in [2.05, 4.69) is 10.3 Å². The molecule has 1 amide bonds. The van der Waals surface area contributed by atoms with Crippen LogP contribution in [0.3, 0.4) is 0 Å². The second-order valence-electron chi connectivity index (χ2n) is 4.45. The van der Waals surface area contributed by atoms with Gasteiger partial charge in [-0.15, -0.1) is 11.3 Å². The van der Waals surface area contributed by atoms with Gasteiger partial charge in [0.05, 0.1) is 10.6 Å². The van der Waals surface area contributed by atoms with Gasteiger partial charge in [-0.05, 0) is 37.2 Å². The molecular formula is C14H15N3O3S. The van der Waals surface area contributed by atoms with Gasteiger partial charge in [0.25, 0.3) is 5.91 Å². The smallest absolute Gasteiger partial charge is 0.335 e. The third-order valence-electron chi connectivity index (χ3n) is 2.86. The van der Waals surface area contributed by atoms with Crippen molar-refractivity contribution in [2.24, 2.45) is 5.73 Å². The second-order valence-corrected chi connectivity index (χ2v) is 5.40. The summed E-state index contributed by atoms with van der Waals surface area (Å²) in [5, 5.41) is 14.2. The number of anilines is 1. The summed E-state index contributed by atoms with van der Waals surface area (Å²) in [6.45, 7) is 2.17. The molecule has 0 bridgehead atoms. The summed E-state index contributed by atoms with van der Waals surface area (Å²) in [7, 11) is 0. The summed E-state index contributed by atoms with van der Waals surface area (Å²) in [6.07, 6.45) is 0.643. The summed E-state index contributed by atoms with van der Waals surface area (Å²) in [4.78, 5) is 27.2. The summed E-state index contributed by atoms with van der Waals surface area (Å²) < 4.78 is 0. The van der Waals surface area contributed by atoms with E-state index in [0.717, 1.165) is 5.01 Å². The van der Waals surface area contributed by atoms with E-state index < -0.39 is 5.97 Å². The monoisotopic (exact) mass is 305 g/mol. The molecule has 0 aliphatic heterocycles. The Bertz CT molecular complexity index is 682. The molecule has 2 aromatic rings. The number of benzene rings is 1. The van der Waals surface area contributed by atoms with Gasteiger partial charge in [-0.25, -0.2) is 9.78 Å². The third-order valence-corrected chi connectivity index (χ3v) is 3.77. The number of hydrogen-bond acceptors (Lipinski definition) is 5. The van der Waals surface area contributed by atoms with Gasteiger partial charge in [0.1, 0.15) is 5.69 Å². The number of nitrogens with one attached hydrogen (secondary N) is 1. The average Bonchev–Trinajstić information content (AvgIpc) is 2.87. The molecule has 0 aliphatic rings. The molecule has 6 nitrogen and oxygen atoms in total. The predicted octanol–water partition coefficient (Wildman–Crippen LogP) is 1.90. The van der Waals surface area contributed by atoms with E-state index in [0.29, 0.717) is 29.9 Å². The lowest BCUT2D eigenvalue weighted by atomic mass is 10.1. The first-order valence-electron chi connectivity index (χ1n) is 6.31. The molecule has 0 saturated carbocycles. The maximum atomic E-state index is 12.0. The minimum absolute atomic E-state index is 0.215. The van der Waals surface area contributed by atoms with E-state index >= 15 is 0 Å². The van der Waals surface area contributed by atoms with Crippen LogP contribution in [0.15, 0.2) is 23.6 Å². The summed E-state index contributed by atoms with van der Waals surface area (Å²) in [5.74, 6) is -1.31. The lowest BCUT2D eigenvalue weighted by Gasteiger charge is -2.06. The minimum atomic E-state index is -0.990. The molecular weight excluding hydrogens is 290 g/mol. The topological polar surface area (TPSA) is 105 Å². The molecule has 1 heterocycles. The number of carboxylic acid groups (broad SMARTS) is 1. The fourth-order valence-corrected chi connectivity index (χ4v) is 2.62. The van der Waals surface area contributed by atoms with E-state index in [-0.39, 0.29) is 11.5 Å². The quantitative estimate of drug-likeness (QED) is 0.782. The fraction of sp³-hybridized carbons (Fsp3) is 0.214. The SMILES string of the molecule is Cc1cc(NC(=O)c2csc(CCN)n2)ccc1C(=O)O. The Morgan fingerprint density at radius 3 is 2.81 bits per heavy atom. The molecule has 0 atom stereocenters. The van der Waals surface area contributed by atoms with Crippen LogP contribution in [0, 0.1) is 6.92 Å². The molecule has 1 aromatic heterocycles. The number of nitrogens with two attached hydrogens (primary N) is 1. The highest BCUT2D eigenvalue weighted by molar-refractivity contribution is 7.09. The highest BCUT2D eigenvalue weighted by Gasteiger charge is 2.12. The number of aromatic carboxylic acids is 1. The second kappa shape index (κ2) is 6.47. The van der Waals surface area contributed by atoms with Gasteiger partial charge in [0.2, 0.25) is 0 Å². The van der Waals surface area contributed by atoms with Crippen LogP contribution in [0.25, 0.3) is 0 Å². The van der Waals surface area contributed by atoms with E-state index in [1.807, 2.05) is 0 Å². The van der Waals surface area contributed by atoms with Crippen molar-refractivity contribution in [2.75, 3.05) is 11.9 Å². The molecule has 7 heteroatoms. The number of carbonyl (C=O) groups excluding carboxylic acids is 1. The summed E-state index contributed by atoms with van der Waals surface area (Å²) >= 11 is 1.39. The lowest BCUT2D eigenvalue weighted by Crippen LogP contribution is -2.13. The van der Waals surface area contributed by atoms with Gasteiger partial charge in [-0.3, -0.25) is 4.79 Å². The molecule has 0 saturated heterocycles. The predicted molar refractivity (Wildman–Crippen MR) is 81.0 cm³/mol. The Labute approximate surface area is 125 Å². The number of aromatic nitrogens is 1. The van der Waals surface area contributed by atoms with E-state index in [1.54, 1.807) is 24.4 Å². The van der Waals surface area contributed by atoms with Gasteiger partial charge in [-0.1, -0.05) is 0 Å². The molecule has 0 fully saturated rings. The number of aryl methyl sites for hydroxylation is 1. The van der Waals surface area contributed by atoms with Gasteiger partial charge in [0, 0.05) is 17.5 Å². The van der Waals surface area contributed by atoms with E-state index in [4.69, 9.17) is 10.8 Å². The molecule has 110 valence electrons. The number of hydrogen-bond donors (Lipinski definition) is 3. The van der Waals surface area contributed by atoms with Gasteiger partial charge in [-0.2, -0.15) is 0 Å². The Morgan fingerprint density at radius 1 is 1.43 bits per heavy atom. The maximum Gasteiger partial charge on any atom is 0.335 e. The number of carboxylic acids is 1. The Morgan fingerprint density at radius 2 is 2.19 bits per heavy atom. The van der Waals surface area contributed by atoms with Crippen LogP contribution in [-0.2, 0) is 6.42 Å². The number of amides is 1. The van der Waals surface area contributed by atoms with Crippen LogP contribution < -0.4 is 11.1 Å². The van der Waals surface area contributed by atoms with Crippen molar-refractivity contribution in [2.45, 2.75) is 13.3 Å². The normalized spacial score (nSPS) is 10.4. The average molecular weight is 305 g/mol. The van der Waals surface area contributed by atoms with Crippen molar-refractivity contribution >= 4 is 28.9 Å². The molecule has 2 rings (SSSR count). The first-order valence-corrected chi connectivity index (χ1v) is 7.19. The molecule has 21 heavy (non-hydrogen) atoms. The highest BCUT2D eigenvalue weighted by atomic mass is 32.1. The van der Waals surface area contributed by atoms with Crippen LogP contribution >= 0.6 is 11.3 Å². The zero-order valence-electron chi connectivity index (χ0n) is 11.4. The van der Waals surface area contributed by atoms with Crippen LogP contribution in [0.1, 0.15) is 31.4 Å². The van der Waals surface area contributed by atoms with Gasteiger partial charge >= 0.3 is 5.97 Å². The summed E-state index contributed by atoms with van der Waals surface area (Å²) in [6, 6.07) is 4.64. The Balaban J connectivity index is 2.11. The zero-order chi connectivity index (χ0) is 15.4. The molecule has 4 N–H and O–H groups in total. The van der Waals surface area contributed by atoms with Gasteiger partial charge < -0.3 is 16.2 Å². The highest BCUT2D eigenvalue weighted by Crippen LogP contribution is 2.17. The van der Waals surface area contributed by atoms with Crippen molar-refractivity contribution in [3.8, 4) is 0 Å². The van der Waals surface area contributed by atoms with E-state index in [9.17, 15) is 9.59 Å². The molecule has 0 spiro atoms. The summed E-state index contributed by atoms with van der Waals surface area (Å²) in [5.41, 5.74) is 7.12.